The molecule has 42 valence electrons. The van der Waals surface area contributed by atoms with E-state index >= 15 is 0 Å². The van der Waals surface area contributed by atoms with Gasteiger partial charge in [-0.3, -0.25) is 0 Å². The minimum absolute atomic E-state index is 0.293. The molecular weight excluding hydrogens is 110 g/mol. The van der Waals surface area contributed by atoms with E-state index in [1.165, 1.54) is 6.21 Å². The Morgan fingerprint density at radius 1 is 1.86 bits per heavy atom. The minimum atomic E-state index is 0.293. The summed E-state index contributed by atoms with van der Waals surface area (Å²) in [6.07, 6.45) is 2.38. The van der Waals surface area contributed by atoms with Crippen molar-refractivity contribution in [1.29, 1.82) is 5.41 Å². The van der Waals surface area contributed by atoms with E-state index in [2.05, 4.69) is 0 Å². The molecule has 1 atom stereocenters. The molecule has 0 saturated heterocycles. The third kappa shape index (κ3) is 2.63. The molecule has 0 radical (unpaired) electrons. The molecule has 0 aliphatic heterocycles. The molecule has 0 aliphatic carbocycles. The summed E-state index contributed by atoms with van der Waals surface area (Å²) in [4.78, 5) is 0. The van der Waals surface area contributed by atoms with Crippen LogP contribution in [0.25, 0.3) is 0 Å². The van der Waals surface area contributed by atoms with E-state index in [1.807, 2.05) is 6.92 Å². The van der Waals surface area contributed by atoms with Gasteiger partial charge in [0.1, 0.15) is 0 Å². The molecule has 0 aromatic rings. The Balaban J connectivity index is 3.16. The van der Waals surface area contributed by atoms with Crippen molar-refractivity contribution in [1.82, 2.24) is 0 Å². The van der Waals surface area contributed by atoms with Gasteiger partial charge in [0.25, 0.3) is 0 Å². The van der Waals surface area contributed by atoms with Crippen molar-refractivity contribution >= 4 is 17.8 Å². The van der Waals surface area contributed by atoms with Crippen LogP contribution in [0.4, 0.5) is 0 Å². The average molecular weight is 120 g/mol. The summed E-state index contributed by atoms with van der Waals surface area (Å²) in [6, 6.07) is 0. The molecule has 7 heavy (non-hydrogen) atoms. The highest BCUT2D eigenvalue weighted by Crippen LogP contribution is 1.99. The third-order valence-electron chi connectivity index (χ3n) is 0.958. The van der Waals surface area contributed by atoms with Crippen LogP contribution in [0.1, 0.15) is 13.3 Å². The van der Waals surface area contributed by atoms with Gasteiger partial charge in [-0.25, -0.2) is 0 Å². The Hall–Kier alpha value is -0.0400. The summed E-state index contributed by atoms with van der Waals surface area (Å²) in [7, 11) is 0. The van der Waals surface area contributed by atoms with Crippen LogP contribution in [0.5, 0.6) is 0 Å². The fraction of sp³-hybridized carbons (Fsp3) is 0.800. The molecule has 0 heterocycles. The van der Waals surface area contributed by atoms with Crippen LogP contribution in [0.3, 0.4) is 0 Å². The highest BCUT2D eigenvalue weighted by atomic mass is 35.5. The smallest absolute Gasteiger partial charge is 0.0301 e. The first-order valence-corrected chi connectivity index (χ1v) is 2.95. The van der Waals surface area contributed by atoms with Gasteiger partial charge in [-0.1, -0.05) is 6.92 Å². The Bertz CT molecular complexity index is 50.0. The van der Waals surface area contributed by atoms with E-state index in [0.29, 0.717) is 11.8 Å². The molecule has 1 N–H and O–H groups in total. The largest absolute Gasteiger partial charge is 0.313 e. The molecule has 0 spiro atoms. The highest BCUT2D eigenvalue weighted by Gasteiger charge is 1.95. The van der Waals surface area contributed by atoms with Gasteiger partial charge in [-0.15, -0.1) is 11.6 Å². The Labute approximate surface area is 49.2 Å². The maximum absolute atomic E-state index is 6.75. The van der Waals surface area contributed by atoms with Crippen LogP contribution in [0, 0.1) is 11.3 Å². The van der Waals surface area contributed by atoms with Gasteiger partial charge in [-0.05, 0) is 12.6 Å². The van der Waals surface area contributed by atoms with E-state index in [-0.39, 0.29) is 0 Å². The van der Waals surface area contributed by atoms with Crippen LogP contribution in [0.2, 0.25) is 0 Å². The summed E-state index contributed by atoms with van der Waals surface area (Å²) in [5, 5.41) is 6.75. The monoisotopic (exact) mass is 119 g/mol. The van der Waals surface area contributed by atoms with Gasteiger partial charge < -0.3 is 5.41 Å². The molecule has 0 aromatic carbocycles. The van der Waals surface area contributed by atoms with E-state index in [0.717, 1.165) is 6.42 Å². The summed E-state index contributed by atoms with van der Waals surface area (Å²) in [5.41, 5.74) is 0. The first kappa shape index (κ1) is 6.96. The molecule has 0 saturated carbocycles. The number of nitrogens with one attached hydrogen (secondary N) is 1. The Morgan fingerprint density at radius 3 is 2.43 bits per heavy atom. The zero-order valence-corrected chi connectivity index (χ0v) is 5.20. The number of rotatable bonds is 3. The summed E-state index contributed by atoms with van der Waals surface area (Å²) in [5.74, 6) is 0.877. The second-order valence-electron chi connectivity index (χ2n) is 1.49. The number of hydrogen-bond donors (Lipinski definition) is 1. The first-order chi connectivity index (χ1) is 3.35. The molecule has 0 fully saturated rings. The lowest BCUT2D eigenvalue weighted by molar-refractivity contribution is 0.758. The van der Waals surface area contributed by atoms with Gasteiger partial charge in [0.15, 0.2) is 0 Å². The second-order valence-corrected chi connectivity index (χ2v) is 1.80. The average Bonchev–Trinajstić information content (AvgIpc) is 1.72. The Morgan fingerprint density at radius 2 is 2.43 bits per heavy atom. The SMILES string of the molecule is CC[C@H](C=N)CCl. The first-order valence-electron chi connectivity index (χ1n) is 2.41. The molecule has 0 aliphatic rings. The van der Waals surface area contributed by atoms with Crippen molar-refractivity contribution in [2.45, 2.75) is 13.3 Å². The van der Waals surface area contributed by atoms with Crippen LogP contribution in [-0.4, -0.2) is 12.1 Å². The topological polar surface area (TPSA) is 23.9 Å². The third-order valence-corrected chi connectivity index (χ3v) is 1.35. The lowest BCUT2D eigenvalue weighted by Gasteiger charge is -1.98. The highest BCUT2D eigenvalue weighted by molar-refractivity contribution is 6.18. The molecule has 0 amide bonds. The van der Waals surface area contributed by atoms with Crippen molar-refractivity contribution in [3.05, 3.63) is 0 Å². The van der Waals surface area contributed by atoms with Gasteiger partial charge in [-0.2, -0.15) is 0 Å². The van der Waals surface area contributed by atoms with Gasteiger partial charge in [0, 0.05) is 11.8 Å². The lowest BCUT2D eigenvalue weighted by Crippen LogP contribution is -1.99. The van der Waals surface area contributed by atoms with E-state index in [4.69, 9.17) is 17.0 Å². The maximum Gasteiger partial charge on any atom is 0.0301 e. The van der Waals surface area contributed by atoms with Crippen LogP contribution >= 0.6 is 11.6 Å². The quantitative estimate of drug-likeness (QED) is 0.434. The fourth-order valence-corrected chi connectivity index (χ4v) is 0.579. The predicted molar refractivity (Wildman–Crippen MR) is 33.3 cm³/mol. The van der Waals surface area contributed by atoms with Crippen molar-refractivity contribution < 1.29 is 0 Å². The van der Waals surface area contributed by atoms with E-state index in [1.54, 1.807) is 0 Å². The molecule has 0 bridgehead atoms. The van der Waals surface area contributed by atoms with Crippen LogP contribution in [0.15, 0.2) is 0 Å². The fourth-order valence-electron chi connectivity index (χ4n) is 0.272. The van der Waals surface area contributed by atoms with Crippen molar-refractivity contribution in [3.63, 3.8) is 0 Å². The van der Waals surface area contributed by atoms with Gasteiger partial charge in [0.05, 0.1) is 0 Å². The second kappa shape index (κ2) is 4.13. The minimum Gasteiger partial charge on any atom is -0.313 e. The standard InChI is InChI=1S/C5H10ClN/c1-2-5(3-6)4-7/h4-5,7H,2-3H2,1H3/t5-/m0/s1. The zero-order valence-electron chi connectivity index (χ0n) is 4.45. The van der Waals surface area contributed by atoms with Crippen LogP contribution < -0.4 is 0 Å². The van der Waals surface area contributed by atoms with Crippen LogP contribution in [-0.2, 0) is 0 Å². The zero-order chi connectivity index (χ0) is 5.70. The molecule has 0 unspecified atom stereocenters. The van der Waals surface area contributed by atoms with Crippen molar-refractivity contribution in [2.24, 2.45) is 5.92 Å². The summed E-state index contributed by atoms with van der Waals surface area (Å²) in [6.45, 7) is 2.03. The number of halogens is 1. The molecule has 2 heteroatoms. The van der Waals surface area contributed by atoms with Crippen molar-refractivity contribution in [3.8, 4) is 0 Å². The molecule has 0 aromatic heterocycles. The lowest BCUT2D eigenvalue weighted by atomic mass is 10.1. The van der Waals surface area contributed by atoms with Gasteiger partial charge >= 0.3 is 0 Å². The maximum atomic E-state index is 6.75. The van der Waals surface area contributed by atoms with E-state index < -0.39 is 0 Å². The molecular formula is C5H10ClN. The summed E-state index contributed by atoms with van der Waals surface area (Å²) >= 11 is 5.42. The van der Waals surface area contributed by atoms with E-state index in [9.17, 15) is 0 Å². The number of hydrogen-bond acceptors (Lipinski definition) is 1. The van der Waals surface area contributed by atoms with Crippen molar-refractivity contribution in [2.75, 3.05) is 5.88 Å². The normalized spacial score (nSPS) is 13.4. The Kier molecular flexibility index (Phi) is 4.10. The molecule has 0 rings (SSSR count). The van der Waals surface area contributed by atoms with Gasteiger partial charge in [0.2, 0.25) is 0 Å². The molecule has 1 nitrogen and oxygen atoms in total. The predicted octanol–water partition coefficient (Wildman–Crippen LogP) is 1.90. The summed E-state index contributed by atoms with van der Waals surface area (Å²) < 4.78 is 0. The number of alkyl halides is 1.